The van der Waals surface area contributed by atoms with E-state index >= 15 is 0 Å². The normalized spacial score (nSPS) is 26.5. The second-order valence-corrected chi connectivity index (χ2v) is 3.54. The molecule has 1 aliphatic rings. The van der Waals surface area contributed by atoms with E-state index < -0.39 is 11.2 Å². The zero-order valence-corrected chi connectivity index (χ0v) is 7.97. The molecule has 7 heteroatoms. The number of rotatable bonds is 2. The molecule has 2 rings (SSSR count). The van der Waals surface area contributed by atoms with E-state index in [0.717, 1.165) is 6.42 Å². The summed E-state index contributed by atoms with van der Waals surface area (Å²) in [6.07, 6.45) is 2.53. The van der Waals surface area contributed by atoms with Gasteiger partial charge in [0, 0.05) is 6.42 Å². The molecule has 0 bridgehead atoms. The van der Waals surface area contributed by atoms with Crippen molar-refractivity contribution in [1.29, 1.82) is 0 Å². The number of nitrogens with zero attached hydrogens (tertiary/aromatic N) is 3. The molecule has 0 aromatic carbocycles. The minimum atomic E-state index is -1.05. The van der Waals surface area contributed by atoms with Gasteiger partial charge < -0.3 is 0 Å². The minimum absolute atomic E-state index is 0.0519. The Kier molecular flexibility index (Phi) is 2.63. The standard InChI is InChI=1S/C8H11FN4O2/c9-8-3-6(1-2-10-8)12-5-7(4-11-12)13(14)15/h4-6,8,10H,1-3H2. The Bertz CT molecular complexity index is 367. The van der Waals surface area contributed by atoms with Crippen molar-refractivity contribution in [2.75, 3.05) is 6.54 Å². The molecule has 0 saturated carbocycles. The lowest BCUT2D eigenvalue weighted by molar-refractivity contribution is -0.385. The Morgan fingerprint density at radius 1 is 1.73 bits per heavy atom. The van der Waals surface area contributed by atoms with Crippen molar-refractivity contribution in [3.05, 3.63) is 22.5 Å². The van der Waals surface area contributed by atoms with Crippen LogP contribution in [0.5, 0.6) is 0 Å². The zero-order chi connectivity index (χ0) is 10.8. The first-order valence-corrected chi connectivity index (χ1v) is 4.73. The van der Waals surface area contributed by atoms with Crippen LogP contribution in [0.15, 0.2) is 12.4 Å². The van der Waals surface area contributed by atoms with Crippen molar-refractivity contribution in [3.8, 4) is 0 Å². The number of alkyl halides is 1. The number of piperidine rings is 1. The predicted molar refractivity (Wildman–Crippen MR) is 50.1 cm³/mol. The predicted octanol–water partition coefficient (Wildman–Crippen LogP) is 1.01. The third kappa shape index (κ3) is 2.12. The Labute approximate surface area is 85.2 Å². The third-order valence-corrected chi connectivity index (χ3v) is 2.50. The fraction of sp³-hybridized carbons (Fsp3) is 0.625. The molecule has 2 heterocycles. The molecule has 1 aliphatic heterocycles. The lowest BCUT2D eigenvalue weighted by Gasteiger charge is -2.25. The van der Waals surface area contributed by atoms with Crippen LogP contribution in [0.3, 0.4) is 0 Å². The van der Waals surface area contributed by atoms with Crippen LogP contribution in [0.25, 0.3) is 0 Å². The Hall–Kier alpha value is -1.50. The summed E-state index contributed by atoms with van der Waals surface area (Å²) < 4.78 is 14.5. The summed E-state index contributed by atoms with van der Waals surface area (Å²) in [4.78, 5) is 9.92. The highest BCUT2D eigenvalue weighted by atomic mass is 19.1. The van der Waals surface area contributed by atoms with Crippen LogP contribution >= 0.6 is 0 Å². The minimum Gasteiger partial charge on any atom is -0.288 e. The van der Waals surface area contributed by atoms with Crippen molar-refractivity contribution >= 4 is 5.69 Å². The van der Waals surface area contributed by atoms with E-state index in [9.17, 15) is 14.5 Å². The van der Waals surface area contributed by atoms with Gasteiger partial charge in [-0.1, -0.05) is 0 Å². The van der Waals surface area contributed by atoms with Gasteiger partial charge in [0.15, 0.2) is 6.30 Å². The van der Waals surface area contributed by atoms with Gasteiger partial charge in [-0.05, 0) is 13.0 Å². The maximum absolute atomic E-state index is 13.0. The van der Waals surface area contributed by atoms with Crippen LogP contribution < -0.4 is 5.32 Å². The van der Waals surface area contributed by atoms with Crippen molar-refractivity contribution in [2.45, 2.75) is 25.2 Å². The maximum atomic E-state index is 13.0. The van der Waals surface area contributed by atoms with Crippen molar-refractivity contribution in [2.24, 2.45) is 0 Å². The van der Waals surface area contributed by atoms with E-state index in [1.54, 1.807) is 0 Å². The smallest absolute Gasteiger partial charge is 0.288 e. The van der Waals surface area contributed by atoms with Gasteiger partial charge >= 0.3 is 5.69 Å². The first-order chi connectivity index (χ1) is 7.16. The van der Waals surface area contributed by atoms with E-state index in [1.807, 2.05) is 0 Å². The molecule has 1 saturated heterocycles. The quantitative estimate of drug-likeness (QED) is 0.453. The van der Waals surface area contributed by atoms with Crippen LogP contribution in [0, 0.1) is 10.1 Å². The number of nitrogens with one attached hydrogen (secondary N) is 1. The van der Waals surface area contributed by atoms with Gasteiger partial charge in [-0.2, -0.15) is 5.10 Å². The van der Waals surface area contributed by atoms with Crippen LogP contribution in [-0.2, 0) is 0 Å². The van der Waals surface area contributed by atoms with Crippen LogP contribution in [0.1, 0.15) is 18.9 Å². The van der Waals surface area contributed by atoms with E-state index in [2.05, 4.69) is 10.4 Å². The number of nitro groups is 1. The molecule has 6 nitrogen and oxygen atoms in total. The molecule has 0 spiro atoms. The highest BCUT2D eigenvalue weighted by Crippen LogP contribution is 2.23. The molecule has 82 valence electrons. The van der Waals surface area contributed by atoms with E-state index in [1.165, 1.54) is 17.1 Å². The molecule has 1 aromatic rings. The van der Waals surface area contributed by atoms with Crippen molar-refractivity contribution in [3.63, 3.8) is 0 Å². The number of hydrogen-bond acceptors (Lipinski definition) is 4. The van der Waals surface area contributed by atoms with Crippen LogP contribution in [0.4, 0.5) is 10.1 Å². The van der Waals surface area contributed by atoms with E-state index in [4.69, 9.17) is 0 Å². The monoisotopic (exact) mass is 214 g/mol. The fourth-order valence-electron chi connectivity index (χ4n) is 1.71. The largest absolute Gasteiger partial charge is 0.307 e. The SMILES string of the molecule is O=[N+]([O-])c1cnn(C2CCNC(F)C2)c1. The molecule has 0 radical (unpaired) electrons. The molecule has 0 amide bonds. The molecule has 2 atom stereocenters. The van der Waals surface area contributed by atoms with Crippen LogP contribution in [-0.4, -0.2) is 27.5 Å². The van der Waals surface area contributed by atoms with E-state index in [-0.39, 0.29) is 11.7 Å². The van der Waals surface area contributed by atoms with Crippen molar-refractivity contribution in [1.82, 2.24) is 15.1 Å². The molecule has 15 heavy (non-hydrogen) atoms. The lowest BCUT2D eigenvalue weighted by atomic mass is 10.1. The maximum Gasteiger partial charge on any atom is 0.307 e. The summed E-state index contributed by atoms with van der Waals surface area (Å²) in [7, 11) is 0. The summed E-state index contributed by atoms with van der Waals surface area (Å²) in [5.74, 6) is 0. The first-order valence-electron chi connectivity index (χ1n) is 4.73. The summed E-state index contributed by atoms with van der Waals surface area (Å²) in [6.45, 7) is 0.569. The average Bonchev–Trinajstić information content (AvgIpc) is 2.66. The summed E-state index contributed by atoms with van der Waals surface area (Å²) in [5, 5.41) is 17.0. The molecule has 1 aromatic heterocycles. The first kappa shape index (κ1) is 10.0. The third-order valence-electron chi connectivity index (χ3n) is 2.50. The number of hydrogen-bond donors (Lipinski definition) is 1. The van der Waals surface area contributed by atoms with Crippen LogP contribution in [0.2, 0.25) is 0 Å². The Morgan fingerprint density at radius 2 is 2.53 bits per heavy atom. The summed E-state index contributed by atoms with van der Waals surface area (Å²) >= 11 is 0. The molecule has 1 fully saturated rings. The molecular weight excluding hydrogens is 203 g/mol. The Morgan fingerprint density at radius 3 is 3.13 bits per heavy atom. The average molecular weight is 214 g/mol. The highest BCUT2D eigenvalue weighted by Gasteiger charge is 2.24. The molecule has 1 N–H and O–H groups in total. The lowest BCUT2D eigenvalue weighted by Crippen LogP contribution is -2.36. The highest BCUT2D eigenvalue weighted by molar-refractivity contribution is 5.21. The fourth-order valence-corrected chi connectivity index (χ4v) is 1.71. The van der Waals surface area contributed by atoms with Gasteiger partial charge in [0.2, 0.25) is 0 Å². The molecule has 2 unspecified atom stereocenters. The zero-order valence-electron chi connectivity index (χ0n) is 7.97. The van der Waals surface area contributed by atoms with Gasteiger partial charge in [-0.25, -0.2) is 4.39 Å². The second-order valence-electron chi connectivity index (χ2n) is 3.54. The number of aromatic nitrogens is 2. The Balaban J connectivity index is 2.11. The van der Waals surface area contributed by atoms with Gasteiger partial charge in [-0.15, -0.1) is 0 Å². The van der Waals surface area contributed by atoms with Gasteiger partial charge in [0.25, 0.3) is 0 Å². The van der Waals surface area contributed by atoms with Gasteiger partial charge in [-0.3, -0.25) is 20.1 Å². The summed E-state index contributed by atoms with van der Waals surface area (Å²) in [6, 6.07) is -0.0880. The van der Waals surface area contributed by atoms with Crippen molar-refractivity contribution < 1.29 is 9.31 Å². The van der Waals surface area contributed by atoms with Gasteiger partial charge in [0.1, 0.15) is 12.4 Å². The molecular formula is C8H11FN4O2. The topological polar surface area (TPSA) is 73.0 Å². The van der Waals surface area contributed by atoms with Gasteiger partial charge in [0.05, 0.1) is 11.0 Å². The molecule has 0 aliphatic carbocycles. The van der Waals surface area contributed by atoms with E-state index in [0.29, 0.717) is 13.0 Å². The number of halogens is 1. The summed E-state index contributed by atoms with van der Waals surface area (Å²) in [5.41, 5.74) is -0.0519. The second kappa shape index (κ2) is 3.93.